The molecule has 4 nitrogen and oxygen atoms in total. The van der Waals surface area contributed by atoms with E-state index in [4.69, 9.17) is 0 Å². The number of hydrogen-bond donors (Lipinski definition) is 1. The Labute approximate surface area is 107 Å². The Hall–Kier alpha value is -0.710. The van der Waals surface area contributed by atoms with Crippen molar-refractivity contribution in [3.63, 3.8) is 0 Å². The van der Waals surface area contributed by atoms with E-state index in [-0.39, 0.29) is 10.5 Å². The van der Waals surface area contributed by atoms with Gasteiger partial charge >= 0.3 is 11.9 Å². The molecule has 100 valence electrons. The molecule has 0 aliphatic heterocycles. The lowest BCUT2D eigenvalue weighted by Gasteiger charge is -2.29. The Bertz CT molecular complexity index is 283. The third-order valence-corrected chi connectivity index (χ3v) is 3.92. The van der Waals surface area contributed by atoms with Crippen molar-refractivity contribution in [3.8, 4) is 0 Å². The van der Waals surface area contributed by atoms with E-state index < -0.39 is 17.4 Å². The number of rotatable bonds is 6. The molecule has 0 aliphatic rings. The molecule has 0 radical (unpaired) electrons. The van der Waals surface area contributed by atoms with Crippen LogP contribution in [0.5, 0.6) is 0 Å². The smallest absolute Gasteiger partial charge is 0.324 e. The van der Waals surface area contributed by atoms with Crippen LogP contribution in [0.15, 0.2) is 0 Å². The van der Waals surface area contributed by atoms with Gasteiger partial charge in [-0.05, 0) is 6.42 Å². The molecule has 0 aromatic rings. The van der Waals surface area contributed by atoms with Gasteiger partial charge in [-0.3, -0.25) is 9.59 Å². The van der Waals surface area contributed by atoms with Crippen molar-refractivity contribution in [3.05, 3.63) is 0 Å². The molecule has 0 saturated carbocycles. The lowest BCUT2D eigenvalue weighted by molar-refractivity contribution is -0.165. The molecule has 0 amide bonds. The molecule has 0 aromatic heterocycles. The van der Waals surface area contributed by atoms with Crippen LogP contribution in [0.4, 0.5) is 0 Å². The minimum atomic E-state index is -1.42. The van der Waals surface area contributed by atoms with Crippen molar-refractivity contribution in [2.45, 2.75) is 45.3 Å². The molecule has 0 spiro atoms. The van der Waals surface area contributed by atoms with Crippen LogP contribution < -0.4 is 0 Å². The van der Waals surface area contributed by atoms with Crippen molar-refractivity contribution < 1.29 is 19.4 Å². The van der Waals surface area contributed by atoms with E-state index in [0.29, 0.717) is 12.8 Å². The van der Waals surface area contributed by atoms with Crippen molar-refractivity contribution in [1.29, 1.82) is 0 Å². The molecule has 0 heterocycles. The molecule has 0 rings (SSSR count). The second-order valence-corrected chi connectivity index (χ2v) is 6.83. The normalized spacial score (nSPS) is 15.1. The highest BCUT2D eigenvalue weighted by Gasteiger charge is 2.47. The quantitative estimate of drug-likeness (QED) is 0.588. The molecule has 1 N–H and O–H groups in total. The van der Waals surface area contributed by atoms with Crippen molar-refractivity contribution in [1.82, 2.24) is 0 Å². The van der Waals surface area contributed by atoms with Crippen molar-refractivity contribution >= 4 is 23.7 Å². The van der Waals surface area contributed by atoms with E-state index in [1.807, 2.05) is 27.7 Å². The number of esters is 1. The van der Waals surface area contributed by atoms with Crippen LogP contribution in [0, 0.1) is 5.41 Å². The summed E-state index contributed by atoms with van der Waals surface area (Å²) in [6.07, 6.45) is 0.935. The van der Waals surface area contributed by atoms with Gasteiger partial charge in [0, 0.05) is 10.5 Å². The summed E-state index contributed by atoms with van der Waals surface area (Å²) in [6.45, 7) is 7.84. The minimum Gasteiger partial charge on any atom is -0.480 e. The van der Waals surface area contributed by atoms with Crippen LogP contribution in [0.25, 0.3) is 0 Å². The number of hydrogen-bond acceptors (Lipinski definition) is 4. The fourth-order valence-electron chi connectivity index (χ4n) is 1.45. The molecule has 0 aliphatic carbocycles. The van der Waals surface area contributed by atoms with Gasteiger partial charge < -0.3 is 9.84 Å². The summed E-state index contributed by atoms with van der Waals surface area (Å²) in [5.74, 6) is -1.50. The molecule has 0 unspecified atom stereocenters. The summed E-state index contributed by atoms with van der Waals surface area (Å²) < 4.78 is 4.58. The first-order valence-corrected chi connectivity index (χ1v) is 6.64. The predicted molar refractivity (Wildman–Crippen MR) is 69.2 cm³/mol. The zero-order valence-corrected chi connectivity index (χ0v) is 12.0. The number of ether oxygens (including phenoxy) is 1. The lowest BCUT2D eigenvalue weighted by Crippen LogP contribution is -2.43. The fraction of sp³-hybridized carbons (Fsp3) is 0.833. The Morgan fingerprint density at radius 2 is 1.82 bits per heavy atom. The minimum absolute atomic E-state index is 0.0809. The molecule has 0 saturated heterocycles. The number of methoxy groups -OCH3 is 1. The number of carbonyl (C=O) groups is 2. The van der Waals surface area contributed by atoms with Gasteiger partial charge in [0.05, 0.1) is 7.11 Å². The Morgan fingerprint density at radius 3 is 2.12 bits per heavy atom. The molecular formula is C12H22O4S. The van der Waals surface area contributed by atoms with E-state index in [1.165, 1.54) is 18.9 Å². The summed E-state index contributed by atoms with van der Waals surface area (Å²) in [6, 6.07) is 0. The SMILES string of the molecule is CCC[C@](CSC(C)(C)C)(C(=O)O)C(=O)OC. The summed E-state index contributed by atoms with van der Waals surface area (Å²) in [7, 11) is 1.23. The van der Waals surface area contributed by atoms with Gasteiger partial charge in [0.25, 0.3) is 0 Å². The highest BCUT2D eigenvalue weighted by molar-refractivity contribution is 8.00. The van der Waals surface area contributed by atoms with Gasteiger partial charge in [-0.25, -0.2) is 0 Å². The maximum Gasteiger partial charge on any atom is 0.324 e. The average Bonchev–Trinajstić information content (AvgIpc) is 2.21. The molecule has 0 bridgehead atoms. The van der Waals surface area contributed by atoms with Gasteiger partial charge in [-0.2, -0.15) is 11.8 Å². The maximum atomic E-state index is 11.8. The maximum absolute atomic E-state index is 11.8. The number of carbonyl (C=O) groups excluding carboxylic acids is 1. The number of thioether (sulfide) groups is 1. The van der Waals surface area contributed by atoms with Gasteiger partial charge in [0.2, 0.25) is 0 Å². The molecule has 17 heavy (non-hydrogen) atoms. The third kappa shape index (κ3) is 4.58. The number of carboxylic acids is 1. The number of carboxylic acid groups (broad SMARTS) is 1. The van der Waals surface area contributed by atoms with Gasteiger partial charge in [0.1, 0.15) is 0 Å². The summed E-state index contributed by atoms with van der Waals surface area (Å²) in [5.41, 5.74) is -1.42. The molecule has 0 aromatic carbocycles. The highest BCUT2D eigenvalue weighted by Crippen LogP contribution is 2.35. The first-order valence-electron chi connectivity index (χ1n) is 5.65. The topological polar surface area (TPSA) is 63.6 Å². The van der Waals surface area contributed by atoms with E-state index in [0.717, 1.165) is 0 Å². The van der Waals surface area contributed by atoms with E-state index >= 15 is 0 Å². The number of aliphatic carboxylic acids is 1. The molecule has 5 heteroatoms. The first kappa shape index (κ1) is 16.3. The van der Waals surface area contributed by atoms with Gasteiger partial charge in [-0.1, -0.05) is 34.1 Å². The van der Waals surface area contributed by atoms with Crippen LogP contribution in [0.2, 0.25) is 0 Å². The monoisotopic (exact) mass is 262 g/mol. The molecular weight excluding hydrogens is 240 g/mol. The standard InChI is InChI=1S/C12H22O4S/c1-6-7-12(9(13)14,10(15)16-5)8-17-11(2,3)4/h6-8H2,1-5H3,(H,13,14)/t12-/m0/s1. The van der Waals surface area contributed by atoms with Crippen molar-refractivity contribution in [2.75, 3.05) is 12.9 Å². The van der Waals surface area contributed by atoms with Crippen LogP contribution in [-0.4, -0.2) is 34.7 Å². The van der Waals surface area contributed by atoms with Crippen molar-refractivity contribution in [2.24, 2.45) is 5.41 Å². The second kappa shape index (κ2) is 6.28. The zero-order chi connectivity index (χ0) is 13.7. The Kier molecular flexibility index (Phi) is 6.02. The summed E-state index contributed by atoms with van der Waals surface area (Å²) in [4.78, 5) is 23.2. The van der Waals surface area contributed by atoms with E-state index in [9.17, 15) is 14.7 Å². The zero-order valence-electron chi connectivity index (χ0n) is 11.2. The lowest BCUT2D eigenvalue weighted by atomic mass is 9.85. The van der Waals surface area contributed by atoms with Gasteiger partial charge in [-0.15, -0.1) is 0 Å². The van der Waals surface area contributed by atoms with Crippen LogP contribution in [0.1, 0.15) is 40.5 Å². The van der Waals surface area contributed by atoms with Crippen LogP contribution >= 0.6 is 11.8 Å². The third-order valence-electron chi connectivity index (χ3n) is 2.41. The van der Waals surface area contributed by atoms with Crippen LogP contribution in [0.3, 0.4) is 0 Å². The highest BCUT2D eigenvalue weighted by atomic mass is 32.2. The second-order valence-electron chi connectivity index (χ2n) is 5.03. The largest absolute Gasteiger partial charge is 0.480 e. The van der Waals surface area contributed by atoms with E-state index in [2.05, 4.69) is 4.74 Å². The molecule has 1 atom stereocenters. The Balaban J connectivity index is 5.05. The van der Waals surface area contributed by atoms with Crippen LogP contribution in [-0.2, 0) is 14.3 Å². The van der Waals surface area contributed by atoms with Gasteiger partial charge in [0.15, 0.2) is 5.41 Å². The molecule has 0 fully saturated rings. The fourth-order valence-corrected chi connectivity index (χ4v) is 2.52. The summed E-state index contributed by atoms with van der Waals surface area (Å²) >= 11 is 1.47. The first-order chi connectivity index (χ1) is 7.69. The average molecular weight is 262 g/mol. The van der Waals surface area contributed by atoms with E-state index in [1.54, 1.807) is 0 Å². The summed E-state index contributed by atoms with van der Waals surface area (Å²) in [5, 5.41) is 9.34. The predicted octanol–water partition coefficient (Wildman–Crippen LogP) is 2.56. The Morgan fingerprint density at radius 1 is 1.29 bits per heavy atom.